The van der Waals surface area contributed by atoms with Crippen molar-refractivity contribution < 1.29 is 9.53 Å². The fourth-order valence-corrected chi connectivity index (χ4v) is 2.46. The average molecular weight is 225 g/mol. The van der Waals surface area contributed by atoms with E-state index in [4.69, 9.17) is 4.74 Å². The van der Waals surface area contributed by atoms with Crippen molar-refractivity contribution in [1.82, 2.24) is 4.90 Å². The lowest BCUT2D eigenvalue weighted by Gasteiger charge is -2.31. The fraction of sp³-hybridized carbons (Fsp3) is 0.545. The van der Waals surface area contributed by atoms with Gasteiger partial charge in [-0.1, -0.05) is 0 Å². The van der Waals surface area contributed by atoms with Gasteiger partial charge in [-0.05, 0) is 24.3 Å². The van der Waals surface area contributed by atoms with Crippen LogP contribution in [-0.2, 0) is 4.74 Å². The van der Waals surface area contributed by atoms with Crippen molar-refractivity contribution >= 4 is 17.2 Å². The third-order valence-corrected chi connectivity index (χ3v) is 3.51. The predicted octanol–water partition coefficient (Wildman–Crippen LogP) is 2.00. The summed E-state index contributed by atoms with van der Waals surface area (Å²) in [5, 5.41) is 3.84. The minimum absolute atomic E-state index is 0.128. The Balaban J connectivity index is 2.00. The van der Waals surface area contributed by atoms with Gasteiger partial charge in [0.2, 0.25) is 0 Å². The molecule has 0 bridgehead atoms. The molecule has 82 valence electrons. The van der Waals surface area contributed by atoms with Crippen molar-refractivity contribution in [1.29, 1.82) is 0 Å². The Morgan fingerprint density at radius 1 is 1.53 bits per heavy atom. The number of thiophene rings is 1. The topological polar surface area (TPSA) is 29.5 Å². The van der Waals surface area contributed by atoms with Gasteiger partial charge in [-0.15, -0.1) is 0 Å². The summed E-state index contributed by atoms with van der Waals surface area (Å²) in [7, 11) is 1.88. The van der Waals surface area contributed by atoms with Crippen LogP contribution in [0.1, 0.15) is 23.2 Å². The van der Waals surface area contributed by atoms with Crippen LogP contribution in [0, 0.1) is 0 Å². The molecule has 0 radical (unpaired) electrons. The number of amides is 1. The van der Waals surface area contributed by atoms with Crippen LogP contribution in [0.2, 0.25) is 0 Å². The molecule has 0 aliphatic carbocycles. The first-order chi connectivity index (χ1) is 7.29. The highest BCUT2D eigenvalue weighted by Gasteiger charge is 2.23. The van der Waals surface area contributed by atoms with E-state index in [0.717, 1.165) is 31.6 Å². The van der Waals surface area contributed by atoms with Crippen LogP contribution in [-0.4, -0.2) is 37.1 Å². The van der Waals surface area contributed by atoms with Gasteiger partial charge in [0.1, 0.15) is 0 Å². The minimum Gasteiger partial charge on any atom is -0.381 e. The number of carbonyl (C=O) groups excluding carboxylic acids is 1. The number of nitrogens with zero attached hydrogens (tertiary/aromatic N) is 1. The molecule has 4 heteroatoms. The number of ether oxygens (including phenoxy) is 1. The second kappa shape index (κ2) is 4.77. The summed E-state index contributed by atoms with van der Waals surface area (Å²) in [4.78, 5) is 13.8. The number of hydrogen-bond acceptors (Lipinski definition) is 3. The Kier molecular flexibility index (Phi) is 3.38. The lowest BCUT2D eigenvalue weighted by Crippen LogP contribution is -2.40. The molecular weight excluding hydrogens is 210 g/mol. The zero-order valence-corrected chi connectivity index (χ0v) is 9.63. The predicted molar refractivity (Wildman–Crippen MR) is 60.3 cm³/mol. The van der Waals surface area contributed by atoms with Gasteiger partial charge >= 0.3 is 0 Å². The highest BCUT2D eigenvalue weighted by molar-refractivity contribution is 7.08. The van der Waals surface area contributed by atoms with Crippen LogP contribution in [0.4, 0.5) is 0 Å². The fourth-order valence-electron chi connectivity index (χ4n) is 1.83. The molecule has 1 amide bonds. The molecule has 2 rings (SSSR count). The van der Waals surface area contributed by atoms with Crippen LogP contribution >= 0.6 is 11.3 Å². The molecule has 0 atom stereocenters. The minimum atomic E-state index is 0.128. The van der Waals surface area contributed by atoms with Gasteiger partial charge in [-0.3, -0.25) is 4.79 Å². The molecule has 0 aromatic carbocycles. The van der Waals surface area contributed by atoms with Crippen molar-refractivity contribution in [2.75, 3.05) is 20.3 Å². The lowest BCUT2D eigenvalue weighted by atomic mass is 10.1. The Hall–Kier alpha value is -0.870. The molecule has 15 heavy (non-hydrogen) atoms. The average Bonchev–Trinajstić information content (AvgIpc) is 2.82. The van der Waals surface area contributed by atoms with Gasteiger partial charge < -0.3 is 9.64 Å². The number of hydrogen-bond donors (Lipinski definition) is 0. The van der Waals surface area contributed by atoms with Crippen LogP contribution in [0.5, 0.6) is 0 Å². The third-order valence-electron chi connectivity index (χ3n) is 2.83. The molecule has 1 aliphatic rings. The standard InChI is InChI=1S/C11H15NO2S/c1-12(10-2-5-14-6-3-10)11(13)9-4-7-15-8-9/h4,7-8,10H,2-3,5-6H2,1H3. The quantitative estimate of drug-likeness (QED) is 0.770. The van der Waals surface area contributed by atoms with Crippen LogP contribution in [0.3, 0.4) is 0 Å². The molecule has 1 aliphatic heterocycles. The van der Waals surface area contributed by atoms with Crippen LogP contribution in [0.15, 0.2) is 16.8 Å². The van der Waals surface area contributed by atoms with E-state index < -0.39 is 0 Å². The molecule has 0 N–H and O–H groups in total. The molecule has 0 saturated carbocycles. The lowest BCUT2D eigenvalue weighted by molar-refractivity contribution is 0.0362. The Labute approximate surface area is 93.7 Å². The van der Waals surface area contributed by atoms with Crippen molar-refractivity contribution in [3.8, 4) is 0 Å². The molecule has 1 aromatic heterocycles. The summed E-state index contributed by atoms with van der Waals surface area (Å²) in [6.07, 6.45) is 1.90. The van der Waals surface area contributed by atoms with Crippen molar-refractivity contribution in [3.05, 3.63) is 22.4 Å². The second-order valence-corrected chi connectivity index (χ2v) is 4.55. The molecule has 2 heterocycles. The van der Waals surface area contributed by atoms with Gasteiger partial charge in [0, 0.05) is 31.7 Å². The normalized spacial score (nSPS) is 17.7. The Morgan fingerprint density at radius 3 is 2.87 bits per heavy atom. The highest BCUT2D eigenvalue weighted by Crippen LogP contribution is 2.16. The second-order valence-electron chi connectivity index (χ2n) is 3.77. The first-order valence-corrected chi connectivity index (χ1v) is 6.10. The molecule has 3 nitrogen and oxygen atoms in total. The zero-order valence-electron chi connectivity index (χ0n) is 8.81. The number of carbonyl (C=O) groups is 1. The molecule has 1 fully saturated rings. The van der Waals surface area contributed by atoms with E-state index in [1.165, 1.54) is 0 Å². The molecule has 1 saturated heterocycles. The smallest absolute Gasteiger partial charge is 0.254 e. The van der Waals surface area contributed by atoms with Crippen molar-refractivity contribution in [3.63, 3.8) is 0 Å². The van der Waals surface area contributed by atoms with Gasteiger partial charge in [0.05, 0.1) is 5.56 Å². The molecule has 1 aromatic rings. The van der Waals surface area contributed by atoms with Crippen LogP contribution < -0.4 is 0 Å². The number of rotatable bonds is 2. The first-order valence-electron chi connectivity index (χ1n) is 5.16. The van der Waals surface area contributed by atoms with Crippen LogP contribution in [0.25, 0.3) is 0 Å². The maximum atomic E-state index is 12.0. The summed E-state index contributed by atoms with van der Waals surface area (Å²) < 4.78 is 5.28. The Morgan fingerprint density at radius 2 is 2.27 bits per heavy atom. The highest BCUT2D eigenvalue weighted by atomic mass is 32.1. The van der Waals surface area contributed by atoms with Crippen molar-refractivity contribution in [2.24, 2.45) is 0 Å². The molecule has 0 unspecified atom stereocenters. The summed E-state index contributed by atoms with van der Waals surface area (Å²) in [6.45, 7) is 1.54. The summed E-state index contributed by atoms with van der Waals surface area (Å²) in [5.74, 6) is 0.128. The van der Waals surface area contributed by atoms with E-state index in [0.29, 0.717) is 6.04 Å². The SMILES string of the molecule is CN(C(=O)c1ccsc1)C1CCOCC1. The van der Waals surface area contributed by atoms with Gasteiger partial charge in [0.15, 0.2) is 0 Å². The first kappa shape index (κ1) is 10.6. The van der Waals surface area contributed by atoms with Gasteiger partial charge in [-0.2, -0.15) is 11.3 Å². The largest absolute Gasteiger partial charge is 0.381 e. The van der Waals surface area contributed by atoms with E-state index in [1.807, 2.05) is 28.8 Å². The summed E-state index contributed by atoms with van der Waals surface area (Å²) in [6, 6.07) is 2.22. The zero-order chi connectivity index (χ0) is 10.7. The van der Waals surface area contributed by atoms with E-state index in [-0.39, 0.29) is 5.91 Å². The maximum Gasteiger partial charge on any atom is 0.254 e. The summed E-state index contributed by atoms with van der Waals surface area (Å²) in [5.41, 5.74) is 0.800. The van der Waals surface area contributed by atoms with Gasteiger partial charge in [-0.25, -0.2) is 0 Å². The van der Waals surface area contributed by atoms with Gasteiger partial charge in [0.25, 0.3) is 5.91 Å². The van der Waals surface area contributed by atoms with E-state index in [1.54, 1.807) is 11.3 Å². The van der Waals surface area contributed by atoms with Crippen molar-refractivity contribution in [2.45, 2.75) is 18.9 Å². The Bertz CT molecular complexity index is 317. The third kappa shape index (κ3) is 2.38. The van der Waals surface area contributed by atoms with E-state index >= 15 is 0 Å². The maximum absolute atomic E-state index is 12.0. The van der Waals surface area contributed by atoms with E-state index in [2.05, 4.69) is 0 Å². The molecular formula is C11H15NO2S. The monoisotopic (exact) mass is 225 g/mol. The van der Waals surface area contributed by atoms with E-state index in [9.17, 15) is 4.79 Å². The summed E-state index contributed by atoms with van der Waals surface area (Å²) >= 11 is 1.56. The molecule has 0 spiro atoms.